The molecule has 0 aromatic heterocycles. The van der Waals surface area contributed by atoms with Gasteiger partial charge in [-0.2, -0.15) is 0 Å². The summed E-state index contributed by atoms with van der Waals surface area (Å²) in [6, 6.07) is 4.78. The van der Waals surface area contributed by atoms with Gasteiger partial charge in [-0.25, -0.2) is 0 Å². The van der Waals surface area contributed by atoms with Crippen molar-refractivity contribution in [3.8, 4) is 0 Å². The van der Waals surface area contributed by atoms with Crippen LogP contribution in [-0.2, 0) is 4.74 Å². The molecule has 0 radical (unpaired) electrons. The Morgan fingerprint density at radius 3 is 2.67 bits per heavy atom. The van der Waals surface area contributed by atoms with E-state index >= 15 is 0 Å². The van der Waals surface area contributed by atoms with E-state index in [1.54, 1.807) is 0 Å². The van der Waals surface area contributed by atoms with Crippen LogP contribution in [0, 0.1) is 12.3 Å². The van der Waals surface area contributed by atoms with Gasteiger partial charge in [0.15, 0.2) is 0 Å². The van der Waals surface area contributed by atoms with Crippen molar-refractivity contribution in [1.82, 2.24) is 4.90 Å². The van der Waals surface area contributed by atoms with Crippen molar-refractivity contribution in [2.75, 3.05) is 32.0 Å². The summed E-state index contributed by atoms with van der Waals surface area (Å²) in [5, 5.41) is 7.39. The summed E-state index contributed by atoms with van der Waals surface area (Å²) in [5.74, 6) is 0.602. The Bertz CT molecular complexity index is 515. The SMILES string of the molecule is Cc1cc(C=N)c(N)cc1C1CCN(C2CCOC2)CC1. The third-order valence-electron chi connectivity index (χ3n) is 5.02. The maximum atomic E-state index is 7.39. The molecule has 3 rings (SSSR count). The molecule has 1 atom stereocenters. The molecule has 4 heteroatoms. The molecule has 2 aliphatic heterocycles. The highest BCUT2D eigenvalue weighted by atomic mass is 16.5. The third-order valence-corrected chi connectivity index (χ3v) is 5.02. The van der Waals surface area contributed by atoms with Crippen molar-refractivity contribution >= 4 is 11.9 Å². The lowest BCUT2D eigenvalue weighted by molar-refractivity contribution is 0.122. The summed E-state index contributed by atoms with van der Waals surface area (Å²) in [6.07, 6.45) is 4.92. The number of likely N-dealkylation sites (tertiary alicyclic amines) is 1. The maximum Gasteiger partial charge on any atom is 0.0622 e. The van der Waals surface area contributed by atoms with Crippen LogP contribution in [0.2, 0.25) is 0 Å². The number of nitrogen functional groups attached to an aromatic ring is 1. The van der Waals surface area contributed by atoms with Gasteiger partial charge in [0, 0.05) is 30.1 Å². The Balaban J connectivity index is 1.69. The molecule has 4 nitrogen and oxygen atoms in total. The van der Waals surface area contributed by atoms with Gasteiger partial charge in [-0.1, -0.05) is 0 Å². The van der Waals surface area contributed by atoms with E-state index in [0.717, 1.165) is 37.6 Å². The quantitative estimate of drug-likeness (QED) is 0.663. The molecule has 0 amide bonds. The van der Waals surface area contributed by atoms with E-state index in [9.17, 15) is 0 Å². The first-order chi connectivity index (χ1) is 10.2. The molecule has 2 aliphatic rings. The number of nitrogens with one attached hydrogen (secondary N) is 1. The normalized spacial score (nSPS) is 24.3. The van der Waals surface area contributed by atoms with E-state index in [0.29, 0.717) is 12.0 Å². The van der Waals surface area contributed by atoms with E-state index in [2.05, 4.69) is 24.0 Å². The van der Waals surface area contributed by atoms with Crippen molar-refractivity contribution in [2.24, 2.45) is 0 Å². The van der Waals surface area contributed by atoms with Crippen molar-refractivity contribution < 1.29 is 4.74 Å². The number of ether oxygens (including phenoxy) is 1. The van der Waals surface area contributed by atoms with E-state index in [1.165, 1.54) is 36.6 Å². The summed E-state index contributed by atoms with van der Waals surface area (Å²) in [5.41, 5.74) is 10.3. The molecule has 2 heterocycles. The van der Waals surface area contributed by atoms with Gasteiger partial charge in [-0.3, -0.25) is 4.90 Å². The van der Waals surface area contributed by atoms with Crippen LogP contribution < -0.4 is 5.73 Å². The van der Waals surface area contributed by atoms with Gasteiger partial charge in [0.05, 0.1) is 6.61 Å². The molecule has 2 saturated heterocycles. The first-order valence-electron chi connectivity index (χ1n) is 7.91. The molecule has 1 unspecified atom stereocenters. The van der Waals surface area contributed by atoms with Crippen LogP contribution in [0.15, 0.2) is 12.1 Å². The smallest absolute Gasteiger partial charge is 0.0622 e. The minimum Gasteiger partial charge on any atom is -0.398 e. The number of piperidine rings is 1. The highest BCUT2D eigenvalue weighted by Crippen LogP contribution is 2.33. The summed E-state index contributed by atoms with van der Waals surface area (Å²) in [4.78, 5) is 2.59. The molecule has 3 N–H and O–H groups in total. The fraction of sp³-hybridized carbons (Fsp3) is 0.588. The van der Waals surface area contributed by atoms with Crippen LogP contribution in [-0.4, -0.2) is 43.5 Å². The number of anilines is 1. The van der Waals surface area contributed by atoms with E-state index in [4.69, 9.17) is 15.9 Å². The average Bonchev–Trinajstić information content (AvgIpc) is 3.04. The van der Waals surface area contributed by atoms with Crippen LogP contribution in [0.5, 0.6) is 0 Å². The van der Waals surface area contributed by atoms with Gasteiger partial charge >= 0.3 is 0 Å². The zero-order valence-electron chi connectivity index (χ0n) is 12.8. The average molecular weight is 287 g/mol. The van der Waals surface area contributed by atoms with Crippen molar-refractivity contribution in [3.05, 3.63) is 28.8 Å². The fourth-order valence-electron chi connectivity index (χ4n) is 3.72. The number of nitrogens with zero attached hydrogens (tertiary/aromatic N) is 1. The predicted molar refractivity (Wildman–Crippen MR) is 86.2 cm³/mol. The van der Waals surface area contributed by atoms with Crippen LogP contribution >= 0.6 is 0 Å². The Kier molecular flexibility index (Phi) is 4.27. The van der Waals surface area contributed by atoms with Gasteiger partial charge in [-0.15, -0.1) is 0 Å². The number of benzene rings is 1. The first-order valence-corrected chi connectivity index (χ1v) is 7.91. The summed E-state index contributed by atoms with van der Waals surface area (Å²) in [7, 11) is 0. The maximum absolute atomic E-state index is 7.39. The van der Waals surface area contributed by atoms with Gasteiger partial charge in [0.2, 0.25) is 0 Å². The van der Waals surface area contributed by atoms with Gasteiger partial charge in [0.1, 0.15) is 0 Å². The van der Waals surface area contributed by atoms with Crippen LogP contribution in [0.1, 0.15) is 41.9 Å². The third kappa shape index (κ3) is 2.97. The lowest BCUT2D eigenvalue weighted by Crippen LogP contribution is -2.41. The molecule has 2 fully saturated rings. The van der Waals surface area contributed by atoms with Crippen LogP contribution in [0.25, 0.3) is 0 Å². The monoisotopic (exact) mass is 287 g/mol. The largest absolute Gasteiger partial charge is 0.398 e. The second-order valence-corrected chi connectivity index (χ2v) is 6.31. The fourth-order valence-corrected chi connectivity index (χ4v) is 3.72. The van der Waals surface area contributed by atoms with E-state index in [1.807, 2.05) is 0 Å². The molecule has 0 bridgehead atoms. The number of aryl methyl sites for hydroxylation is 1. The van der Waals surface area contributed by atoms with Crippen molar-refractivity contribution in [2.45, 2.75) is 38.1 Å². The van der Waals surface area contributed by atoms with E-state index < -0.39 is 0 Å². The molecule has 21 heavy (non-hydrogen) atoms. The molecule has 0 aliphatic carbocycles. The predicted octanol–water partition coefficient (Wildman–Crippen LogP) is 2.54. The van der Waals surface area contributed by atoms with Crippen LogP contribution in [0.4, 0.5) is 5.69 Å². The highest BCUT2D eigenvalue weighted by molar-refractivity contribution is 5.85. The van der Waals surface area contributed by atoms with Gasteiger partial charge < -0.3 is 15.9 Å². The van der Waals surface area contributed by atoms with E-state index in [-0.39, 0.29) is 0 Å². The van der Waals surface area contributed by atoms with Crippen molar-refractivity contribution in [3.63, 3.8) is 0 Å². The zero-order chi connectivity index (χ0) is 14.8. The van der Waals surface area contributed by atoms with Crippen LogP contribution in [0.3, 0.4) is 0 Å². The standard InChI is InChI=1S/C17H25N3O/c1-12-8-14(10-18)17(19)9-16(12)13-2-5-20(6-3-13)15-4-7-21-11-15/h8-10,13,15,18H,2-7,11,19H2,1H3. The molecule has 1 aromatic rings. The minimum absolute atomic E-state index is 0.602. The van der Waals surface area contributed by atoms with Gasteiger partial charge in [-0.05, 0) is 68.5 Å². The number of hydrogen-bond donors (Lipinski definition) is 2. The molecular formula is C17H25N3O. The Hall–Kier alpha value is -1.39. The second-order valence-electron chi connectivity index (χ2n) is 6.31. The molecule has 114 valence electrons. The molecule has 1 aromatic carbocycles. The highest BCUT2D eigenvalue weighted by Gasteiger charge is 2.28. The topological polar surface area (TPSA) is 62.3 Å². The van der Waals surface area contributed by atoms with Crippen molar-refractivity contribution in [1.29, 1.82) is 5.41 Å². The minimum atomic E-state index is 0.602. The van der Waals surface area contributed by atoms with Gasteiger partial charge in [0.25, 0.3) is 0 Å². The zero-order valence-corrected chi connectivity index (χ0v) is 12.8. The first kappa shape index (κ1) is 14.5. The lowest BCUT2D eigenvalue weighted by Gasteiger charge is -2.36. The second kappa shape index (κ2) is 6.16. The Labute approximate surface area is 126 Å². The summed E-state index contributed by atoms with van der Waals surface area (Å²) >= 11 is 0. The summed E-state index contributed by atoms with van der Waals surface area (Å²) < 4.78 is 5.50. The lowest BCUT2D eigenvalue weighted by atomic mass is 9.85. The number of rotatable bonds is 3. The Morgan fingerprint density at radius 2 is 2.05 bits per heavy atom. The summed E-state index contributed by atoms with van der Waals surface area (Å²) in [6.45, 7) is 6.28. The number of hydrogen-bond acceptors (Lipinski definition) is 4. The Morgan fingerprint density at radius 1 is 1.29 bits per heavy atom. The molecular weight excluding hydrogens is 262 g/mol. The molecule has 0 spiro atoms. The number of nitrogens with two attached hydrogens (primary N) is 1. The molecule has 0 saturated carbocycles.